The highest BCUT2D eigenvalue weighted by Crippen LogP contribution is 2.55. The molecule has 28 nitrogen and oxygen atoms in total. The summed E-state index contributed by atoms with van der Waals surface area (Å²) in [5, 5.41) is 3.00. The number of ketones is 2. The molecular formula is C85H137NO27. The van der Waals surface area contributed by atoms with Gasteiger partial charge >= 0.3 is 0 Å². The van der Waals surface area contributed by atoms with Gasteiger partial charge in [-0.05, 0) is 115 Å². The molecule has 1 amide bonds. The zero-order valence-electron chi connectivity index (χ0n) is 68.3. The van der Waals surface area contributed by atoms with Crippen molar-refractivity contribution in [3.05, 3.63) is 95.1 Å². The maximum atomic E-state index is 12.7. The number of ether oxygens (including phenoxy) is 24. The summed E-state index contributed by atoms with van der Waals surface area (Å²) in [6, 6.07) is 22.5. The van der Waals surface area contributed by atoms with Gasteiger partial charge in [-0.3, -0.25) is 14.4 Å². The standard InChI is InChI=1S/C85H137NO27/c1-73-12-18-77-78-19-17-76(75-15-13-74(14-16-75)9-6-11-84(89)86-24-5-4-10-79-82(87)20-21-83(79)88)72-81(78)85(80(77)71-73,22-7-25-92-31-33-96-39-41-100-47-49-104-55-57-108-63-65-112-69-67-110-61-59-106-53-51-102-45-43-98-37-35-94-29-27-90-2)23-8-26-93-32-34-97-40-42-101-48-50-105-56-58-109-64-66-113-70-68-111-62-60-107-54-52-103-46-44-99-38-36-95-30-28-91-3/h12-21,71-72,79H,4-11,22-70H2,1-3H3,(H,86,89). The summed E-state index contributed by atoms with van der Waals surface area (Å²) < 4.78 is 134. The summed E-state index contributed by atoms with van der Waals surface area (Å²) >= 11 is 0. The molecule has 0 radical (unpaired) electrons. The number of allylic oxidation sites excluding steroid dienone is 2. The summed E-state index contributed by atoms with van der Waals surface area (Å²) in [6.07, 6.45) is 10.1. The van der Waals surface area contributed by atoms with Crippen molar-refractivity contribution in [2.75, 3.05) is 325 Å². The van der Waals surface area contributed by atoms with Gasteiger partial charge in [0, 0.05) is 45.8 Å². The highest BCUT2D eigenvalue weighted by Gasteiger charge is 2.43. The molecule has 0 aliphatic heterocycles. The Kier molecular flexibility index (Phi) is 61.5. The van der Waals surface area contributed by atoms with E-state index in [0.29, 0.717) is 330 Å². The predicted molar refractivity (Wildman–Crippen MR) is 426 cm³/mol. The highest BCUT2D eigenvalue weighted by atomic mass is 16.6. The maximum Gasteiger partial charge on any atom is 0.220 e. The van der Waals surface area contributed by atoms with E-state index in [4.69, 9.17) is 114 Å². The smallest absolute Gasteiger partial charge is 0.220 e. The van der Waals surface area contributed by atoms with Gasteiger partial charge in [0.25, 0.3) is 0 Å². The molecule has 0 saturated heterocycles. The van der Waals surface area contributed by atoms with Gasteiger partial charge in [-0.1, -0.05) is 66.6 Å². The third-order valence-electron chi connectivity index (χ3n) is 18.1. The van der Waals surface area contributed by atoms with E-state index >= 15 is 0 Å². The molecule has 3 aromatic rings. The average Bonchev–Trinajstić information content (AvgIpc) is 1.57. The first-order chi connectivity index (χ1) is 55.9. The zero-order chi connectivity index (χ0) is 79.9. The Balaban J connectivity index is 0.911. The van der Waals surface area contributed by atoms with Gasteiger partial charge in [-0.2, -0.15) is 0 Å². The second kappa shape index (κ2) is 70.3. The van der Waals surface area contributed by atoms with Crippen LogP contribution in [0.5, 0.6) is 0 Å². The quantitative estimate of drug-likeness (QED) is 0.0412. The second-order valence-corrected chi connectivity index (χ2v) is 26.6. The number of aryl methyl sites for hydroxylation is 2. The number of fused-ring (bicyclic) bond motifs is 3. The molecule has 0 aromatic heterocycles. The summed E-state index contributed by atoms with van der Waals surface area (Å²) in [5.74, 6) is -0.764. The summed E-state index contributed by atoms with van der Waals surface area (Å²) in [7, 11) is 3.29. The molecular weight excluding hydrogens is 1470 g/mol. The monoisotopic (exact) mass is 1600 g/mol. The van der Waals surface area contributed by atoms with Crippen molar-refractivity contribution in [2.45, 2.75) is 76.5 Å². The Morgan fingerprint density at radius 3 is 0.920 bits per heavy atom. The van der Waals surface area contributed by atoms with E-state index in [1.807, 2.05) is 0 Å². The minimum Gasteiger partial charge on any atom is -0.382 e. The third kappa shape index (κ3) is 48.7. The third-order valence-corrected chi connectivity index (χ3v) is 18.1. The topological polar surface area (TPSA) is 285 Å². The van der Waals surface area contributed by atoms with Crippen molar-refractivity contribution < 1.29 is 128 Å². The number of carbonyl (C=O) groups is 3. The molecule has 0 saturated carbocycles. The lowest BCUT2D eigenvalue weighted by atomic mass is 9.71. The fourth-order valence-corrected chi connectivity index (χ4v) is 12.2. The number of methoxy groups -OCH3 is 2. The molecule has 0 atom stereocenters. The number of nitrogens with one attached hydrogen (secondary N) is 1. The molecule has 0 spiro atoms. The van der Waals surface area contributed by atoms with Crippen LogP contribution in [0.4, 0.5) is 0 Å². The van der Waals surface area contributed by atoms with Crippen LogP contribution >= 0.6 is 0 Å². The number of amides is 1. The van der Waals surface area contributed by atoms with E-state index < -0.39 is 5.92 Å². The number of benzene rings is 3. The fourth-order valence-electron chi connectivity index (χ4n) is 12.2. The molecule has 644 valence electrons. The van der Waals surface area contributed by atoms with Gasteiger partial charge in [0.2, 0.25) is 5.91 Å². The van der Waals surface area contributed by atoms with Crippen LogP contribution in [0.1, 0.15) is 80.0 Å². The van der Waals surface area contributed by atoms with Gasteiger partial charge in [0.15, 0.2) is 11.6 Å². The number of rotatable bonds is 84. The van der Waals surface area contributed by atoms with Gasteiger partial charge in [-0.25, -0.2) is 0 Å². The van der Waals surface area contributed by atoms with Crippen LogP contribution in [0.2, 0.25) is 0 Å². The summed E-state index contributed by atoms with van der Waals surface area (Å²) in [4.78, 5) is 36.5. The van der Waals surface area contributed by atoms with Gasteiger partial charge in [0.05, 0.1) is 297 Å². The van der Waals surface area contributed by atoms with E-state index in [-0.39, 0.29) is 22.9 Å². The minimum absolute atomic E-state index is 0.0123. The number of hydrogen-bond donors (Lipinski definition) is 1. The van der Waals surface area contributed by atoms with Crippen LogP contribution in [-0.4, -0.2) is 342 Å². The molecule has 0 heterocycles. The highest BCUT2D eigenvalue weighted by molar-refractivity contribution is 6.18. The Labute approximate surface area is 672 Å². The Hall–Kier alpha value is -4.75. The Bertz CT molecular complexity index is 2710. The normalized spacial score (nSPS) is 13.2. The predicted octanol–water partition coefficient (Wildman–Crippen LogP) is 8.08. The van der Waals surface area contributed by atoms with Crippen LogP contribution in [0.3, 0.4) is 0 Å². The van der Waals surface area contributed by atoms with Gasteiger partial charge in [-0.15, -0.1) is 0 Å². The molecule has 28 heteroatoms. The lowest BCUT2D eigenvalue weighted by molar-refractivity contribution is -0.126. The molecule has 0 bridgehead atoms. The van der Waals surface area contributed by atoms with Crippen molar-refractivity contribution in [3.63, 3.8) is 0 Å². The first kappa shape index (κ1) is 98.8. The van der Waals surface area contributed by atoms with Crippen molar-refractivity contribution in [1.29, 1.82) is 0 Å². The van der Waals surface area contributed by atoms with Crippen molar-refractivity contribution in [3.8, 4) is 22.3 Å². The van der Waals surface area contributed by atoms with Crippen molar-refractivity contribution in [2.24, 2.45) is 5.92 Å². The molecule has 3 aromatic carbocycles. The van der Waals surface area contributed by atoms with Crippen LogP contribution in [0, 0.1) is 12.8 Å². The molecule has 5 rings (SSSR count). The maximum absolute atomic E-state index is 12.7. The number of carbonyl (C=O) groups excluding carboxylic acids is 3. The van der Waals surface area contributed by atoms with E-state index in [2.05, 4.69) is 72.9 Å². The van der Waals surface area contributed by atoms with E-state index in [0.717, 1.165) is 56.1 Å². The molecule has 0 fully saturated rings. The largest absolute Gasteiger partial charge is 0.382 e. The average molecular weight is 1610 g/mol. The SMILES string of the molecule is COCCOCCOCCOCCOCCOCCOCCOCCOCCOCCOCCOCCCC1(CCCOCCOCCOCCOCCOCCOCCOCCOCCOCCOCCOCCOC)c2cc(C)ccc2-c2ccc(-c3ccc(CCCC(=O)NCCCCC4C(=O)C=CC4=O)cc3)cc21. The lowest BCUT2D eigenvalue weighted by Crippen LogP contribution is -2.27. The van der Waals surface area contributed by atoms with Crippen molar-refractivity contribution in [1.82, 2.24) is 5.32 Å². The second-order valence-electron chi connectivity index (χ2n) is 26.6. The first-order valence-electron chi connectivity index (χ1n) is 40.9. The lowest BCUT2D eigenvalue weighted by Gasteiger charge is -2.33. The number of hydrogen-bond acceptors (Lipinski definition) is 27. The molecule has 113 heavy (non-hydrogen) atoms. The zero-order valence-corrected chi connectivity index (χ0v) is 68.3. The minimum atomic E-state index is -0.547. The van der Waals surface area contributed by atoms with Crippen LogP contribution in [0.15, 0.2) is 72.8 Å². The molecule has 2 aliphatic rings. The van der Waals surface area contributed by atoms with E-state index in [1.165, 1.54) is 45.5 Å². The summed E-state index contributed by atoms with van der Waals surface area (Å²) in [5.41, 5.74) is 9.61. The van der Waals surface area contributed by atoms with Crippen LogP contribution in [-0.2, 0) is 140 Å². The van der Waals surface area contributed by atoms with Gasteiger partial charge < -0.3 is 119 Å². The summed E-state index contributed by atoms with van der Waals surface area (Å²) in [6.45, 7) is 25.6. The molecule has 1 N–H and O–H groups in total. The van der Waals surface area contributed by atoms with Crippen molar-refractivity contribution >= 4 is 17.5 Å². The molecule has 2 aliphatic carbocycles. The van der Waals surface area contributed by atoms with Crippen LogP contribution < -0.4 is 5.32 Å². The van der Waals surface area contributed by atoms with E-state index in [1.54, 1.807) is 14.2 Å². The Morgan fingerprint density at radius 2 is 0.602 bits per heavy atom. The van der Waals surface area contributed by atoms with E-state index in [9.17, 15) is 14.4 Å². The number of unbranched alkanes of at least 4 members (excludes halogenated alkanes) is 1. The van der Waals surface area contributed by atoms with Gasteiger partial charge in [0.1, 0.15) is 0 Å². The first-order valence-corrected chi connectivity index (χ1v) is 40.9. The fraction of sp³-hybridized carbons (Fsp3) is 0.729. The van der Waals surface area contributed by atoms with Crippen LogP contribution in [0.25, 0.3) is 22.3 Å². The Morgan fingerprint density at radius 1 is 0.319 bits per heavy atom. The molecule has 0 unspecified atom stereocenters.